The molecule has 0 aromatic carbocycles. The van der Waals surface area contributed by atoms with E-state index in [1.165, 1.54) is 0 Å². The molecule has 0 spiro atoms. The van der Waals surface area contributed by atoms with Gasteiger partial charge in [0.05, 0.1) is 0 Å². The van der Waals surface area contributed by atoms with Crippen LogP contribution in [0.3, 0.4) is 0 Å². The highest BCUT2D eigenvalue weighted by atomic mass is 19.4. The summed E-state index contributed by atoms with van der Waals surface area (Å²) < 4.78 is 42.6. The third-order valence-electron chi connectivity index (χ3n) is 2.34. The fraction of sp³-hybridized carbons (Fsp3) is 0.667. The third-order valence-corrected chi connectivity index (χ3v) is 2.34. The number of rotatable bonds is 1. The second-order valence-corrected chi connectivity index (χ2v) is 5.30. The zero-order valence-corrected chi connectivity index (χ0v) is 10.2. The van der Waals surface area contributed by atoms with Crippen molar-refractivity contribution in [3.8, 4) is 0 Å². The lowest BCUT2D eigenvalue weighted by Gasteiger charge is -2.18. The molecule has 92 valence electrons. The zero-order valence-electron chi connectivity index (χ0n) is 10.2. The van der Waals surface area contributed by atoms with Crippen molar-refractivity contribution in [3.63, 3.8) is 0 Å². The van der Waals surface area contributed by atoms with E-state index in [1.54, 1.807) is 0 Å². The predicted octanol–water partition coefficient (Wildman–Crippen LogP) is 4.72. The van der Waals surface area contributed by atoms with Crippen LogP contribution in [0.25, 0.3) is 0 Å². The highest BCUT2D eigenvalue weighted by molar-refractivity contribution is 5.30. The molecule has 0 unspecified atom stereocenters. The number of alkyl halides is 3. The van der Waals surface area contributed by atoms with Crippen LogP contribution in [0.15, 0.2) is 10.5 Å². The summed E-state index contributed by atoms with van der Waals surface area (Å²) in [6.07, 6.45) is -4.41. The molecule has 0 bridgehead atoms. The van der Waals surface area contributed by atoms with Gasteiger partial charge in [0.25, 0.3) is 0 Å². The van der Waals surface area contributed by atoms with E-state index in [0.29, 0.717) is 11.3 Å². The number of hydrogen-bond donors (Lipinski definition) is 0. The van der Waals surface area contributed by atoms with E-state index < -0.39 is 17.4 Å². The van der Waals surface area contributed by atoms with Gasteiger partial charge in [-0.3, -0.25) is 0 Å². The van der Waals surface area contributed by atoms with E-state index >= 15 is 0 Å². The molecule has 0 aliphatic carbocycles. The summed E-state index contributed by atoms with van der Waals surface area (Å²) in [4.78, 5) is 0. The molecule has 1 aromatic rings. The maximum absolute atomic E-state index is 12.5. The second-order valence-electron chi connectivity index (χ2n) is 5.30. The third kappa shape index (κ3) is 2.60. The summed E-state index contributed by atoms with van der Waals surface area (Å²) >= 11 is 0. The lowest BCUT2D eigenvalue weighted by molar-refractivity contribution is -0.153. The summed E-state index contributed by atoms with van der Waals surface area (Å²) in [6, 6.07) is 1.12. The molecule has 16 heavy (non-hydrogen) atoms. The first kappa shape index (κ1) is 13.1. The highest BCUT2D eigenvalue weighted by Crippen LogP contribution is 2.39. The van der Waals surface area contributed by atoms with Gasteiger partial charge in [-0.2, -0.15) is 13.2 Å². The molecule has 4 heteroatoms. The van der Waals surface area contributed by atoms with Crippen LogP contribution in [0.2, 0.25) is 0 Å². The molecular formula is C12H17F3O. The molecule has 0 atom stereocenters. The van der Waals surface area contributed by atoms with Crippen LogP contribution < -0.4 is 0 Å². The van der Waals surface area contributed by atoms with Gasteiger partial charge in [0.2, 0.25) is 5.76 Å². The van der Waals surface area contributed by atoms with Crippen molar-refractivity contribution in [1.29, 1.82) is 0 Å². The second kappa shape index (κ2) is 3.82. The minimum atomic E-state index is -4.41. The topological polar surface area (TPSA) is 13.1 Å². The quantitative estimate of drug-likeness (QED) is 0.685. The molecule has 1 heterocycles. The predicted molar refractivity (Wildman–Crippen MR) is 56.5 cm³/mol. The van der Waals surface area contributed by atoms with Crippen LogP contribution in [0, 0.1) is 0 Å². The Balaban J connectivity index is 3.32. The average Bonchev–Trinajstić information content (AvgIpc) is 2.44. The molecule has 0 aliphatic heterocycles. The van der Waals surface area contributed by atoms with E-state index in [4.69, 9.17) is 4.42 Å². The smallest absolute Gasteiger partial charge is 0.449 e. The van der Waals surface area contributed by atoms with E-state index in [1.807, 2.05) is 34.6 Å². The van der Waals surface area contributed by atoms with Crippen molar-refractivity contribution in [2.45, 2.75) is 52.1 Å². The van der Waals surface area contributed by atoms with Crippen molar-refractivity contribution in [1.82, 2.24) is 0 Å². The van der Waals surface area contributed by atoms with Crippen LogP contribution in [0.4, 0.5) is 13.2 Å². The van der Waals surface area contributed by atoms with Crippen LogP contribution in [-0.4, -0.2) is 0 Å². The summed E-state index contributed by atoms with van der Waals surface area (Å²) in [5.41, 5.74) is 0.225. The van der Waals surface area contributed by atoms with Gasteiger partial charge in [0, 0.05) is 5.41 Å². The minimum Gasteiger partial charge on any atom is -0.456 e. The van der Waals surface area contributed by atoms with Gasteiger partial charge in [-0.15, -0.1) is 0 Å². The summed E-state index contributed by atoms with van der Waals surface area (Å²) in [7, 11) is 0. The monoisotopic (exact) mass is 234 g/mol. The Kier molecular flexibility index (Phi) is 3.14. The van der Waals surface area contributed by atoms with Gasteiger partial charge in [-0.25, -0.2) is 0 Å². The molecule has 0 radical (unpaired) electrons. The fourth-order valence-electron chi connectivity index (χ4n) is 1.56. The summed E-state index contributed by atoms with van der Waals surface area (Å²) in [5.74, 6) is -0.454. The van der Waals surface area contributed by atoms with Gasteiger partial charge in [-0.05, 0) is 17.5 Å². The van der Waals surface area contributed by atoms with Gasteiger partial charge in [-0.1, -0.05) is 34.6 Å². The Morgan fingerprint density at radius 1 is 1.12 bits per heavy atom. The van der Waals surface area contributed by atoms with E-state index in [2.05, 4.69) is 0 Å². The summed E-state index contributed by atoms with van der Waals surface area (Å²) in [6.45, 7) is 9.26. The van der Waals surface area contributed by atoms with Crippen LogP contribution in [0.1, 0.15) is 57.6 Å². The Labute approximate surface area is 93.6 Å². The number of halogens is 3. The van der Waals surface area contributed by atoms with Crippen LogP contribution >= 0.6 is 0 Å². The van der Waals surface area contributed by atoms with Crippen molar-refractivity contribution < 1.29 is 17.6 Å². The normalized spacial score (nSPS) is 13.6. The van der Waals surface area contributed by atoms with Gasteiger partial charge >= 0.3 is 6.18 Å². The molecule has 0 aliphatic rings. The molecule has 1 nitrogen and oxygen atoms in total. The minimum absolute atomic E-state index is 0.0223. The summed E-state index contributed by atoms with van der Waals surface area (Å²) in [5, 5.41) is 0. The standard InChI is InChI=1S/C12H17F3O/c1-7(2)8-6-9(12(13,14)15)16-10(8)11(3,4)5/h6-7H,1-5H3. The molecule has 1 rings (SSSR count). The highest BCUT2D eigenvalue weighted by Gasteiger charge is 2.38. The first-order chi connectivity index (χ1) is 7.03. The van der Waals surface area contributed by atoms with Crippen molar-refractivity contribution in [2.75, 3.05) is 0 Å². The maximum atomic E-state index is 12.5. The lowest BCUT2D eigenvalue weighted by Crippen LogP contribution is -2.13. The van der Waals surface area contributed by atoms with E-state index in [0.717, 1.165) is 6.07 Å². The molecule has 0 fully saturated rings. The first-order valence-corrected chi connectivity index (χ1v) is 5.25. The maximum Gasteiger partial charge on any atom is 0.449 e. The van der Waals surface area contributed by atoms with Crippen LogP contribution in [-0.2, 0) is 11.6 Å². The van der Waals surface area contributed by atoms with Crippen molar-refractivity contribution in [3.05, 3.63) is 23.2 Å². The molecule has 0 saturated heterocycles. The molecular weight excluding hydrogens is 217 g/mol. The molecule has 1 aromatic heterocycles. The fourth-order valence-corrected chi connectivity index (χ4v) is 1.56. The average molecular weight is 234 g/mol. The Hall–Kier alpha value is -0.930. The van der Waals surface area contributed by atoms with Gasteiger partial charge in [0.15, 0.2) is 0 Å². The Morgan fingerprint density at radius 2 is 1.62 bits per heavy atom. The first-order valence-electron chi connectivity index (χ1n) is 5.25. The van der Waals surface area contributed by atoms with Crippen molar-refractivity contribution in [2.24, 2.45) is 0 Å². The van der Waals surface area contributed by atoms with Crippen LogP contribution in [0.5, 0.6) is 0 Å². The number of hydrogen-bond acceptors (Lipinski definition) is 1. The zero-order chi connectivity index (χ0) is 12.7. The largest absolute Gasteiger partial charge is 0.456 e. The molecule has 0 saturated carbocycles. The Morgan fingerprint density at radius 3 is 1.88 bits per heavy atom. The van der Waals surface area contributed by atoms with E-state index in [-0.39, 0.29) is 5.92 Å². The van der Waals surface area contributed by atoms with Crippen molar-refractivity contribution >= 4 is 0 Å². The van der Waals surface area contributed by atoms with E-state index in [9.17, 15) is 13.2 Å². The van der Waals surface area contributed by atoms with Gasteiger partial charge in [0.1, 0.15) is 5.76 Å². The lowest BCUT2D eigenvalue weighted by atomic mass is 9.87. The number of furan rings is 1. The van der Waals surface area contributed by atoms with Gasteiger partial charge < -0.3 is 4.42 Å². The molecule has 0 amide bonds. The molecule has 0 N–H and O–H groups in total. The Bertz CT molecular complexity index is 367. The SMILES string of the molecule is CC(C)c1cc(C(F)(F)F)oc1C(C)(C)C.